The van der Waals surface area contributed by atoms with Crippen LogP contribution >= 0.6 is 0 Å². The fraction of sp³-hybridized carbons (Fsp3) is 0.812. The van der Waals surface area contributed by atoms with Crippen LogP contribution in [0.2, 0.25) is 0 Å². The van der Waals surface area contributed by atoms with Crippen LogP contribution in [-0.2, 0) is 6.54 Å². The number of hydrogen-bond acceptors (Lipinski definition) is 4. The molecule has 2 N–H and O–H groups in total. The quantitative estimate of drug-likeness (QED) is 0.892. The first-order valence-electron chi connectivity index (χ1n) is 8.44. The van der Waals surface area contributed by atoms with Gasteiger partial charge in [0.05, 0.1) is 18.1 Å². The number of aryl methyl sites for hydroxylation is 1. The Hall–Kier alpha value is -0.910. The van der Waals surface area contributed by atoms with Gasteiger partial charge in [-0.15, -0.1) is 0 Å². The molecule has 3 atom stereocenters. The number of nitrogens with two attached hydrogens (primary N) is 1. The van der Waals surface area contributed by atoms with Gasteiger partial charge in [0.1, 0.15) is 0 Å². The predicted molar refractivity (Wildman–Crippen MR) is 85.1 cm³/mol. The third kappa shape index (κ3) is 2.87. The van der Waals surface area contributed by atoms with Crippen molar-refractivity contribution in [2.75, 3.05) is 26.2 Å². The maximum absolute atomic E-state index is 6.16. The molecule has 0 bridgehead atoms. The van der Waals surface area contributed by atoms with Crippen LogP contribution < -0.4 is 5.73 Å². The Morgan fingerprint density at radius 1 is 1.43 bits per heavy atom. The molecule has 2 aliphatic heterocycles. The van der Waals surface area contributed by atoms with E-state index in [-0.39, 0.29) is 0 Å². The molecule has 2 saturated heterocycles. The lowest BCUT2D eigenvalue weighted by molar-refractivity contribution is 0.0273. The zero-order chi connectivity index (χ0) is 14.8. The first kappa shape index (κ1) is 15.0. The van der Waals surface area contributed by atoms with Crippen molar-refractivity contribution in [1.29, 1.82) is 0 Å². The molecule has 118 valence electrons. The second-order valence-corrected chi connectivity index (χ2v) is 6.60. The summed E-state index contributed by atoms with van der Waals surface area (Å²) in [5.41, 5.74) is 7.45. The molecule has 5 heteroatoms. The van der Waals surface area contributed by atoms with Gasteiger partial charge in [0.2, 0.25) is 0 Å². The summed E-state index contributed by atoms with van der Waals surface area (Å²) in [4.78, 5) is 9.65. The molecule has 2 aliphatic rings. The van der Waals surface area contributed by atoms with Crippen molar-refractivity contribution in [1.82, 2.24) is 19.4 Å². The van der Waals surface area contributed by atoms with Crippen molar-refractivity contribution in [3.63, 3.8) is 0 Å². The molecule has 0 aliphatic carbocycles. The summed E-state index contributed by atoms with van der Waals surface area (Å²) in [5.74, 6) is 0. The molecule has 0 saturated carbocycles. The van der Waals surface area contributed by atoms with Crippen molar-refractivity contribution >= 4 is 0 Å². The molecule has 3 rings (SSSR count). The van der Waals surface area contributed by atoms with E-state index in [1.165, 1.54) is 31.6 Å². The maximum Gasteiger partial charge on any atom is 0.0948 e. The molecular formula is C16H29N5. The highest BCUT2D eigenvalue weighted by molar-refractivity contribution is 5.09. The highest BCUT2D eigenvalue weighted by atomic mass is 15.3. The maximum atomic E-state index is 6.16. The van der Waals surface area contributed by atoms with E-state index in [2.05, 4.69) is 33.2 Å². The number of rotatable bonds is 5. The van der Waals surface area contributed by atoms with E-state index < -0.39 is 0 Å². The minimum Gasteiger partial charge on any atom is -0.333 e. The molecule has 5 nitrogen and oxygen atoms in total. The van der Waals surface area contributed by atoms with E-state index in [4.69, 9.17) is 5.73 Å². The summed E-state index contributed by atoms with van der Waals surface area (Å²) < 4.78 is 2.28. The second kappa shape index (κ2) is 6.46. The van der Waals surface area contributed by atoms with Gasteiger partial charge in [-0.25, -0.2) is 4.98 Å². The Morgan fingerprint density at radius 3 is 3.05 bits per heavy atom. The fourth-order valence-electron chi connectivity index (χ4n) is 4.11. The molecule has 3 unspecified atom stereocenters. The second-order valence-electron chi connectivity index (χ2n) is 6.60. The monoisotopic (exact) mass is 291 g/mol. The standard InChI is InChI=1S/C16H29N5/c1-3-6-20-12-18-9-16(20)15(8-17)21-11-14-5-4-7-19(14)10-13(21)2/h9,12-15H,3-8,10-11,17H2,1-2H3. The average Bonchev–Trinajstić information content (AvgIpc) is 3.10. The van der Waals surface area contributed by atoms with Crippen LogP contribution in [-0.4, -0.2) is 57.6 Å². The van der Waals surface area contributed by atoms with Crippen molar-refractivity contribution in [3.05, 3.63) is 18.2 Å². The van der Waals surface area contributed by atoms with Gasteiger partial charge >= 0.3 is 0 Å². The van der Waals surface area contributed by atoms with Gasteiger partial charge in [-0.3, -0.25) is 9.80 Å². The van der Waals surface area contributed by atoms with E-state index in [0.29, 0.717) is 18.6 Å². The first-order chi connectivity index (χ1) is 10.2. The van der Waals surface area contributed by atoms with Crippen molar-refractivity contribution in [2.24, 2.45) is 5.73 Å². The molecule has 0 amide bonds. The predicted octanol–water partition coefficient (Wildman–Crippen LogP) is 1.46. The van der Waals surface area contributed by atoms with E-state index in [1.54, 1.807) is 0 Å². The zero-order valence-electron chi connectivity index (χ0n) is 13.4. The molecule has 21 heavy (non-hydrogen) atoms. The van der Waals surface area contributed by atoms with Crippen LogP contribution in [0.4, 0.5) is 0 Å². The normalized spacial score (nSPS) is 28.7. The Bertz CT molecular complexity index is 457. The Balaban J connectivity index is 1.80. The third-order valence-electron chi connectivity index (χ3n) is 5.16. The molecule has 0 spiro atoms. The minimum atomic E-state index is 0.303. The van der Waals surface area contributed by atoms with E-state index >= 15 is 0 Å². The topological polar surface area (TPSA) is 50.3 Å². The lowest BCUT2D eigenvalue weighted by atomic mass is 10.0. The summed E-state index contributed by atoms with van der Waals surface area (Å²) in [5, 5.41) is 0. The summed E-state index contributed by atoms with van der Waals surface area (Å²) >= 11 is 0. The number of fused-ring (bicyclic) bond motifs is 1. The van der Waals surface area contributed by atoms with Crippen LogP contribution in [0.1, 0.15) is 44.8 Å². The van der Waals surface area contributed by atoms with Crippen LogP contribution in [0.25, 0.3) is 0 Å². The van der Waals surface area contributed by atoms with E-state index in [1.807, 2.05) is 12.5 Å². The van der Waals surface area contributed by atoms with E-state index in [0.717, 1.165) is 25.6 Å². The van der Waals surface area contributed by atoms with Crippen molar-refractivity contribution in [2.45, 2.75) is 57.8 Å². The van der Waals surface area contributed by atoms with Gasteiger partial charge in [-0.1, -0.05) is 6.92 Å². The Morgan fingerprint density at radius 2 is 2.29 bits per heavy atom. The van der Waals surface area contributed by atoms with Gasteiger partial charge < -0.3 is 10.3 Å². The highest BCUT2D eigenvalue weighted by Crippen LogP contribution is 2.30. The summed E-state index contributed by atoms with van der Waals surface area (Å²) in [7, 11) is 0. The fourth-order valence-corrected chi connectivity index (χ4v) is 4.11. The van der Waals surface area contributed by atoms with Crippen LogP contribution in [0, 0.1) is 0 Å². The van der Waals surface area contributed by atoms with Crippen LogP contribution in [0.3, 0.4) is 0 Å². The lowest BCUT2D eigenvalue weighted by Gasteiger charge is -2.45. The van der Waals surface area contributed by atoms with Gasteiger partial charge in [-0.2, -0.15) is 0 Å². The summed E-state index contributed by atoms with van der Waals surface area (Å²) in [6, 6.07) is 1.60. The number of aromatic nitrogens is 2. The number of imidazole rings is 1. The molecule has 0 aromatic carbocycles. The zero-order valence-corrected chi connectivity index (χ0v) is 13.4. The number of nitrogens with zero attached hydrogens (tertiary/aromatic N) is 4. The van der Waals surface area contributed by atoms with Crippen molar-refractivity contribution in [3.8, 4) is 0 Å². The van der Waals surface area contributed by atoms with E-state index in [9.17, 15) is 0 Å². The molecule has 2 fully saturated rings. The molecule has 1 aromatic heterocycles. The van der Waals surface area contributed by atoms with Crippen LogP contribution in [0.5, 0.6) is 0 Å². The molecule has 3 heterocycles. The third-order valence-corrected chi connectivity index (χ3v) is 5.16. The SMILES string of the molecule is CCCn1cncc1C(CN)N1CC2CCCN2CC1C. The summed E-state index contributed by atoms with van der Waals surface area (Å²) in [6.07, 6.45) is 7.80. The summed E-state index contributed by atoms with van der Waals surface area (Å²) in [6.45, 7) is 9.88. The molecular weight excluding hydrogens is 262 g/mol. The Labute approximate surface area is 128 Å². The Kier molecular flexibility index (Phi) is 4.62. The lowest BCUT2D eigenvalue weighted by Crippen LogP contribution is -2.56. The van der Waals surface area contributed by atoms with Gasteiger partial charge in [0, 0.05) is 44.5 Å². The first-order valence-corrected chi connectivity index (χ1v) is 8.44. The largest absolute Gasteiger partial charge is 0.333 e. The number of hydrogen-bond donors (Lipinski definition) is 1. The van der Waals surface area contributed by atoms with Crippen LogP contribution in [0.15, 0.2) is 12.5 Å². The average molecular weight is 291 g/mol. The van der Waals surface area contributed by atoms with Crippen molar-refractivity contribution < 1.29 is 0 Å². The molecule has 1 aromatic rings. The number of piperazine rings is 1. The molecule has 0 radical (unpaired) electrons. The minimum absolute atomic E-state index is 0.303. The smallest absolute Gasteiger partial charge is 0.0948 e. The van der Waals surface area contributed by atoms with Gasteiger partial charge in [0.15, 0.2) is 0 Å². The van der Waals surface area contributed by atoms with Gasteiger partial charge in [0.25, 0.3) is 0 Å². The van der Waals surface area contributed by atoms with Gasteiger partial charge in [-0.05, 0) is 32.7 Å². The highest BCUT2D eigenvalue weighted by Gasteiger charge is 2.38.